The molecule has 1 aliphatic carbocycles. The zero-order valence-corrected chi connectivity index (χ0v) is 13.8. The highest BCUT2D eigenvalue weighted by Gasteiger charge is 2.34. The molecule has 1 amide bonds. The molecular formula is C18H20N4O2. The summed E-state index contributed by atoms with van der Waals surface area (Å²) in [6.45, 7) is 0.533. The van der Waals surface area contributed by atoms with Crippen molar-refractivity contribution in [2.24, 2.45) is 7.05 Å². The van der Waals surface area contributed by atoms with Gasteiger partial charge in [-0.2, -0.15) is 0 Å². The van der Waals surface area contributed by atoms with Crippen molar-refractivity contribution in [3.8, 4) is 5.75 Å². The molecular weight excluding hydrogens is 304 g/mol. The zero-order valence-electron chi connectivity index (χ0n) is 13.8. The second-order valence-corrected chi connectivity index (χ2v) is 6.25. The number of carbonyl (C=O) groups excluding carboxylic acids is 1. The second-order valence-electron chi connectivity index (χ2n) is 6.25. The monoisotopic (exact) mass is 324 g/mol. The van der Waals surface area contributed by atoms with Crippen LogP contribution in [-0.4, -0.2) is 38.5 Å². The van der Waals surface area contributed by atoms with E-state index in [-0.39, 0.29) is 5.91 Å². The van der Waals surface area contributed by atoms with Crippen LogP contribution in [0.2, 0.25) is 0 Å². The Hall–Kier alpha value is -2.76. The van der Waals surface area contributed by atoms with Crippen LogP contribution in [0.1, 0.15) is 29.2 Å². The van der Waals surface area contributed by atoms with Crippen LogP contribution in [0.15, 0.2) is 36.7 Å². The highest BCUT2D eigenvalue weighted by atomic mass is 16.5. The van der Waals surface area contributed by atoms with E-state index in [2.05, 4.69) is 9.97 Å². The van der Waals surface area contributed by atoms with E-state index in [0.717, 1.165) is 35.3 Å². The minimum atomic E-state index is 0.0238. The van der Waals surface area contributed by atoms with Gasteiger partial charge in [0.2, 0.25) is 0 Å². The molecule has 0 aliphatic heterocycles. The Morgan fingerprint density at radius 2 is 2.25 bits per heavy atom. The van der Waals surface area contributed by atoms with Crippen molar-refractivity contribution in [2.75, 3.05) is 7.11 Å². The van der Waals surface area contributed by atoms with Crippen molar-refractivity contribution in [1.29, 1.82) is 0 Å². The molecule has 1 fully saturated rings. The molecule has 124 valence electrons. The second kappa shape index (κ2) is 5.70. The summed E-state index contributed by atoms with van der Waals surface area (Å²) >= 11 is 0. The molecule has 6 nitrogen and oxygen atoms in total. The number of hydrogen-bond acceptors (Lipinski definition) is 3. The number of H-pyrrole nitrogens is 1. The van der Waals surface area contributed by atoms with Crippen molar-refractivity contribution in [1.82, 2.24) is 19.4 Å². The lowest BCUT2D eigenvalue weighted by Gasteiger charge is -2.21. The number of hydrogen-bond donors (Lipinski definition) is 1. The van der Waals surface area contributed by atoms with Gasteiger partial charge < -0.3 is 19.2 Å². The number of carbonyl (C=O) groups is 1. The van der Waals surface area contributed by atoms with E-state index in [1.807, 2.05) is 47.0 Å². The summed E-state index contributed by atoms with van der Waals surface area (Å²) in [6, 6.07) is 7.97. The molecule has 4 rings (SSSR count). The van der Waals surface area contributed by atoms with Crippen LogP contribution < -0.4 is 4.74 Å². The molecule has 3 aromatic rings. The normalized spacial score (nSPS) is 14.1. The summed E-state index contributed by atoms with van der Waals surface area (Å²) < 4.78 is 7.21. The molecule has 6 heteroatoms. The minimum absolute atomic E-state index is 0.0238. The van der Waals surface area contributed by atoms with Crippen LogP contribution in [0.25, 0.3) is 10.9 Å². The van der Waals surface area contributed by atoms with Gasteiger partial charge in [-0.15, -0.1) is 0 Å². The number of nitrogens with zero attached hydrogens (tertiary/aromatic N) is 3. The van der Waals surface area contributed by atoms with Crippen molar-refractivity contribution >= 4 is 16.8 Å². The first-order valence-corrected chi connectivity index (χ1v) is 8.09. The maximum atomic E-state index is 13.0. The van der Waals surface area contributed by atoms with Gasteiger partial charge in [0.05, 0.1) is 13.7 Å². The van der Waals surface area contributed by atoms with Gasteiger partial charge in [0.15, 0.2) is 0 Å². The molecule has 0 spiro atoms. The Morgan fingerprint density at radius 3 is 2.92 bits per heavy atom. The summed E-state index contributed by atoms with van der Waals surface area (Å²) in [5.41, 5.74) is 1.55. The maximum absolute atomic E-state index is 13.0. The first kappa shape index (κ1) is 14.8. The minimum Gasteiger partial charge on any atom is -0.497 e. The third-order valence-electron chi connectivity index (χ3n) is 4.54. The van der Waals surface area contributed by atoms with Crippen LogP contribution >= 0.6 is 0 Å². The van der Waals surface area contributed by atoms with Crippen molar-refractivity contribution < 1.29 is 9.53 Å². The van der Waals surface area contributed by atoms with Gasteiger partial charge >= 0.3 is 0 Å². The molecule has 0 saturated heterocycles. The van der Waals surface area contributed by atoms with Crippen molar-refractivity contribution in [3.63, 3.8) is 0 Å². The van der Waals surface area contributed by atoms with E-state index < -0.39 is 0 Å². The number of ether oxygens (including phenoxy) is 1. The van der Waals surface area contributed by atoms with Gasteiger partial charge in [-0.3, -0.25) is 4.79 Å². The summed E-state index contributed by atoms with van der Waals surface area (Å²) in [5, 5.41) is 0.977. The van der Waals surface area contributed by atoms with E-state index in [9.17, 15) is 4.79 Å². The van der Waals surface area contributed by atoms with Crippen LogP contribution in [-0.2, 0) is 13.6 Å². The Labute approximate surface area is 140 Å². The number of aryl methyl sites for hydroxylation is 1. The number of aromatic nitrogens is 3. The van der Waals surface area contributed by atoms with Crippen molar-refractivity contribution in [3.05, 3.63) is 48.2 Å². The number of imidazole rings is 1. The molecule has 1 aliphatic rings. The van der Waals surface area contributed by atoms with Gasteiger partial charge in [0, 0.05) is 36.4 Å². The molecule has 2 heterocycles. The summed E-state index contributed by atoms with van der Waals surface area (Å²) in [4.78, 5) is 22.5. The number of rotatable bonds is 5. The first-order valence-electron chi connectivity index (χ1n) is 8.09. The number of benzene rings is 1. The molecule has 0 unspecified atom stereocenters. The fourth-order valence-electron chi connectivity index (χ4n) is 2.96. The van der Waals surface area contributed by atoms with Crippen LogP contribution in [0.5, 0.6) is 5.75 Å². The molecule has 0 radical (unpaired) electrons. The third-order valence-corrected chi connectivity index (χ3v) is 4.54. The van der Waals surface area contributed by atoms with E-state index in [1.165, 1.54) is 0 Å². The molecule has 2 aromatic heterocycles. The number of nitrogens with one attached hydrogen (secondary N) is 1. The van der Waals surface area contributed by atoms with Gasteiger partial charge in [0.1, 0.15) is 17.3 Å². The molecule has 1 saturated carbocycles. The summed E-state index contributed by atoms with van der Waals surface area (Å²) in [7, 11) is 3.59. The highest BCUT2D eigenvalue weighted by Crippen LogP contribution is 2.30. The molecule has 0 bridgehead atoms. The van der Waals surface area contributed by atoms with E-state index >= 15 is 0 Å². The Kier molecular flexibility index (Phi) is 3.52. The third kappa shape index (κ3) is 2.64. The number of aromatic amines is 1. The lowest BCUT2D eigenvalue weighted by atomic mass is 10.2. The standard InChI is InChI=1S/C18H20N4O2/c1-21-8-7-19-17(21)11-22(13-3-4-13)18(23)16-10-12-9-14(24-2)5-6-15(12)20-16/h5-10,13,20H,3-4,11H2,1-2H3. The van der Waals surface area contributed by atoms with Crippen LogP contribution in [0.4, 0.5) is 0 Å². The van der Waals surface area contributed by atoms with Crippen LogP contribution in [0.3, 0.4) is 0 Å². The van der Waals surface area contributed by atoms with E-state index in [4.69, 9.17) is 4.74 Å². The predicted molar refractivity (Wildman–Crippen MR) is 91.0 cm³/mol. The fraction of sp³-hybridized carbons (Fsp3) is 0.333. The summed E-state index contributed by atoms with van der Waals surface area (Å²) in [6.07, 6.45) is 5.79. The van der Waals surface area contributed by atoms with Gasteiger partial charge in [-0.25, -0.2) is 4.98 Å². The molecule has 1 N–H and O–H groups in total. The Morgan fingerprint density at radius 1 is 1.42 bits per heavy atom. The average molecular weight is 324 g/mol. The quantitative estimate of drug-likeness (QED) is 0.785. The van der Waals surface area contributed by atoms with E-state index in [1.54, 1.807) is 13.3 Å². The SMILES string of the molecule is COc1ccc2[nH]c(C(=O)N(Cc3nccn3C)C3CC3)cc2c1. The Bertz CT molecular complexity index is 891. The topological polar surface area (TPSA) is 63.2 Å². The average Bonchev–Trinajstić information content (AvgIpc) is 3.21. The number of fused-ring (bicyclic) bond motifs is 1. The molecule has 24 heavy (non-hydrogen) atoms. The number of amides is 1. The fourth-order valence-corrected chi connectivity index (χ4v) is 2.96. The zero-order chi connectivity index (χ0) is 16.7. The molecule has 1 aromatic carbocycles. The van der Waals surface area contributed by atoms with Gasteiger partial charge in [-0.05, 0) is 37.1 Å². The van der Waals surface area contributed by atoms with Gasteiger partial charge in [-0.1, -0.05) is 0 Å². The largest absolute Gasteiger partial charge is 0.497 e. The van der Waals surface area contributed by atoms with Crippen LogP contribution in [0, 0.1) is 0 Å². The van der Waals surface area contributed by atoms with Gasteiger partial charge in [0.25, 0.3) is 5.91 Å². The lowest BCUT2D eigenvalue weighted by molar-refractivity contribution is 0.0719. The molecule has 0 atom stereocenters. The smallest absolute Gasteiger partial charge is 0.270 e. The lowest BCUT2D eigenvalue weighted by Crippen LogP contribution is -2.33. The predicted octanol–water partition coefficient (Wildman–Crippen LogP) is 2.71. The van der Waals surface area contributed by atoms with E-state index in [0.29, 0.717) is 18.3 Å². The first-order chi connectivity index (χ1) is 11.7. The number of methoxy groups -OCH3 is 1. The Balaban J connectivity index is 1.63. The maximum Gasteiger partial charge on any atom is 0.270 e. The summed E-state index contributed by atoms with van der Waals surface area (Å²) in [5.74, 6) is 1.70. The van der Waals surface area contributed by atoms with Crippen molar-refractivity contribution in [2.45, 2.75) is 25.4 Å². The highest BCUT2D eigenvalue weighted by molar-refractivity contribution is 5.98.